The Bertz CT molecular complexity index is 443. The van der Waals surface area contributed by atoms with Gasteiger partial charge in [-0.1, -0.05) is 0 Å². The van der Waals surface area contributed by atoms with E-state index < -0.39 is 11.8 Å². The molecule has 0 spiro atoms. The SMILES string of the molecule is COc1ccc(NC(=O)C(=O)NCCCN(C)C)cc1. The van der Waals surface area contributed by atoms with Gasteiger partial charge in [0.15, 0.2) is 0 Å². The first kappa shape index (κ1) is 16.0. The minimum absolute atomic E-state index is 0.479. The van der Waals surface area contributed by atoms with E-state index in [1.54, 1.807) is 31.4 Å². The van der Waals surface area contributed by atoms with Gasteiger partial charge in [-0.3, -0.25) is 9.59 Å². The molecule has 1 aromatic rings. The molecule has 0 atom stereocenters. The summed E-state index contributed by atoms with van der Waals surface area (Å²) in [5.74, 6) is -0.601. The molecule has 110 valence electrons. The van der Waals surface area contributed by atoms with Crippen LogP contribution in [0.4, 0.5) is 5.69 Å². The highest BCUT2D eigenvalue weighted by molar-refractivity contribution is 6.39. The van der Waals surface area contributed by atoms with Gasteiger partial charge in [0.25, 0.3) is 0 Å². The third-order valence-electron chi connectivity index (χ3n) is 2.62. The molecule has 1 rings (SSSR count). The highest BCUT2D eigenvalue weighted by Gasteiger charge is 2.12. The van der Waals surface area contributed by atoms with Gasteiger partial charge in [0.05, 0.1) is 7.11 Å². The number of hydrogen-bond donors (Lipinski definition) is 2. The van der Waals surface area contributed by atoms with Gasteiger partial charge < -0.3 is 20.3 Å². The average molecular weight is 279 g/mol. The summed E-state index contributed by atoms with van der Waals surface area (Å²) in [7, 11) is 5.48. The second-order valence-electron chi connectivity index (χ2n) is 4.60. The monoisotopic (exact) mass is 279 g/mol. The van der Waals surface area contributed by atoms with Gasteiger partial charge in [0, 0.05) is 12.2 Å². The zero-order valence-corrected chi connectivity index (χ0v) is 12.1. The van der Waals surface area contributed by atoms with Crippen LogP contribution in [0.25, 0.3) is 0 Å². The Morgan fingerprint density at radius 1 is 1.15 bits per heavy atom. The molecule has 2 N–H and O–H groups in total. The number of amides is 2. The van der Waals surface area contributed by atoms with Gasteiger partial charge in [-0.2, -0.15) is 0 Å². The largest absolute Gasteiger partial charge is 0.497 e. The number of rotatable bonds is 6. The minimum Gasteiger partial charge on any atom is -0.497 e. The molecule has 0 unspecified atom stereocenters. The third kappa shape index (κ3) is 5.71. The predicted octanol–water partition coefficient (Wildman–Crippen LogP) is 0.702. The summed E-state index contributed by atoms with van der Waals surface area (Å²) in [5, 5.41) is 5.10. The van der Waals surface area contributed by atoms with Crippen LogP contribution >= 0.6 is 0 Å². The van der Waals surface area contributed by atoms with Gasteiger partial charge in [-0.15, -0.1) is 0 Å². The Hall–Kier alpha value is -2.08. The maximum Gasteiger partial charge on any atom is 0.313 e. The van der Waals surface area contributed by atoms with Crippen molar-refractivity contribution in [2.45, 2.75) is 6.42 Å². The summed E-state index contributed by atoms with van der Waals surface area (Å²) >= 11 is 0. The van der Waals surface area contributed by atoms with Crippen LogP contribution in [0, 0.1) is 0 Å². The lowest BCUT2D eigenvalue weighted by atomic mass is 10.3. The number of anilines is 1. The third-order valence-corrected chi connectivity index (χ3v) is 2.62. The van der Waals surface area contributed by atoms with Crippen molar-refractivity contribution in [3.05, 3.63) is 24.3 Å². The van der Waals surface area contributed by atoms with Gasteiger partial charge in [-0.05, 0) is 51.3 Å². The van der Waals surface area contributed by atoms with Crippen molar-refractivity contribution >= 4 is 17.5 Å². The molecule has 0 saturated carbocycles. The van der Waals surface area contributed by atoms with Gasteiger partial charge >= 0.3 is 11.8 Å². The summed E-state index contributed by atoms with van der Waals surface area (Å²) in [5.41, 5.74) is 0.555. The zero-order valence-electron chi connectivity index (χ0n) is 12.1. The van der Waals surface area contributed by atoms with Crippen molar-refractivity contribution in [2.75, 3.05) is 39.6 Å². The molecular formula is C14H21N3O3. The molecule has 0 aliphatic rings. The van der Waals surface area contributed by atoms with E-state index >= 15 is 0 Å². The first-order valence-electron chi connectivity index (χ1n) is 6.41. The van der Waals surface area contributed by atoms with E-state index in [0.717, 1.165) is 13.0 Å². The summed E-state index contributed by atoms with van der Waals surface area (Å²) in [4.78, 5) is 25.2. The number of benzene rings is 1. The Kier molecular flexibility index (Phi) is 6.52. The molecule has 6 heteroatoms. The quantitative estimate of drug-likeness (QED) is 0.594. The van der Waals surface area contributed by atoms with Crippen molar-refractivity contribution in [3.63, 3.8) is 0 Å². The first-order valence-corrected chi connectivity index (χ1v) is 6.41. The van der Waals surface area contributed by atoms with Crippen LogP contribution in [0.3, 0.4) is 0 Å². The minimum atomic E-state index is -0.667. The van der Waals surface area contributed by atoms with Gasteiger partial charge in [0.2, 0.25) is 0 Å². The molecule has 0 fully saturated rings. The van der Waals surface area contributed by atoms with Crippen LogP contribution < -0.4 is 15.4 Å². The molecule has 1 aromatic carbocycles. The number of hydrogen-bond acceptors (Lipinski definition) is 4. The van der Waals surface area contributed by atoms with Crippen LogP contribution in [-0.2, 0) is 9.59 Å². The number of ether oxygens (including phenoxy) is 1. The normalized spacial score (nSPS) is 10.2. The predicted molar refractivity (Wildman–Crippen MR) is 77.8 cm³/mol. The van der Waals surface area contributed by atoms with Crippen LogP contribution in [0.1, 0.15) is 6.42 Å². The lowest BCUT2D eigenvalue weighted by molar-refractivity contribution is -0.136. The van der Waals surface area contributed by atoms with Crippen LogP contribution in [-0.4, -0.2) is 51.0 Å². The zero-order chi connectivity index (χ0) is 15.0. The maximum atomic E-state index is 11.6. The molecule has 20 heavy (non-hydrogen) atoms. The molecule has 0 radical (unpaired) electrons. The Labute approximate surface area is 119 Å². The molecule has 0 bridgehead atoms. The van der Waals surface area contributed by atoms with Crippen molar-refractivity contribution in [2.24, 2.45) is 0 Å². The lowest BCUT2D eigenvalue weighted by Crippen LogP contribution is -2.36. The van der Waals surface area contributed by atoms with E-state index in [1.165, 1.54) is 0 Å². The van der Waals surface area contributed by atoms with E-state index in [2.05, 4.69) is 10.6 Å². The molecule has 0 aliphatic heterocycles. The van der Waals surface area contributed by atoms with Crippen LogP contribution in [0.15, 0.2) is 24.3 Å². The van der Waals surface area contributed by atoms with E-state index in [9.17, 15) is 9.59 Å². The average Bonchev–Trinajstić information content (AvgIpc) is 2.44. The van der Waals surface area contributed by atoms with E-state index in [0.29, 0.717) is 18.0 Å². The first-order chi connectivity index (χ1) is 9.52. The Balaban J connectivity index is 2.35. The fourth-order valence-corrected chi connectivity index (χ4v) is 1.54. The van der Waals surface area contributed by atoms with Crippen molar-refractivity contribution in [1.82, 2.24) is 10.2 Å². The fourth-order valence-electron chi connectivity index (χ4n) is 1.54. The molecule has 0 heterocycles. The fraction of sp³-hybridized carbons (Fsp3) is 0.429. The number of nitrogens with zero attached hydrogens (tertiary/aromatic N) is 1. The standard InChI is InChI=1S/C14H21N3O3/c1-17(2)10-4-9-15-13(18)14(19)16-11-5-7-12(20-3)8-6-11/h5-8H,4,9-10H2,1-3H3,(H,15,18)(H,16,19). The number of nitrogens with one attached hydrogen (secondary N) is 2. The van der Waals surface area contributed by atoms with Crippen molar-refractivity contribution < 1.29 is 14.3 Å². The molecule has 6 nitrogen and oxygen atoms in total. The smallest absolute Gasteiger partial charge is 0.313 e. The second-order valence-corrected chi connectivity index (χ2v) is 4.60. The van der Waals surface area contributed by atoms with Gasteiger partial charge in [-0.25, -0.2) is 0 Å². The molecule has 0 saturated heterocycles. The summed E-state index contributed by atoms with van der Waals surface area (Å²) in [6, 6.07) is 6.78. The second kappa shape index (κ2) is 8.16. The van der Waals surface area contributed by atoms with E-state index in [1.807, 2.05) is 19.0 Å². The van der Waals surface area contributed by atoms with E-state index in [4.69, 9.17) is 4.74 Å². The molecule has 0 aromatic heterocycles. The summed E-state index contributed by atoms with van der Waals surface area (Å²) in [6.07, 6.45) is 0.800. The maximum absolute atomic E-state index is 11.6. The molecule has 2 amide bonds. The van der Waals surface area contributed by atoms with Gasteiger partial charge in [0.1, 0.15) is 5.75 Å². The molecule has 0 aliphatic carbocycles. The Morgan fingerprint density at radius 2 is 1.80 bits per heavy atom. The number of methoxy groups -OCH3 is 1. The van der Waals surface area contributed by atoms with Crippen molar-refractivity contribution in [1.29, 1.82) is 0 Å². The highest BCUT2D eigenvalue weighted by atomic mass is 16.5. The molecular weight excluding hydrogens is 258 g/mol. The number of carbonyl (C=O) groups excluding carboxylic acids is 2. The van der Waals surface area contributed by atoms with Crippen molar-refractivity contribution in [3.8, 4) is 5.75 Å². The number of carbonyl (C=O) groups is 2. The highest BCUT2D eigenvalue weighted by Crippen LogP contribution is 2.14. The van der Waals surface area contributed by atoms with E-state index in [-0.39, 0.29) is 0 Å². The van der Waals surface area contributed by atoms with Crippen LogP contribution in [0.5, 0.6) is 5.75 Å². The summed E-state index contributed by atoms with van der Waals surface area (Å²) in [6.45, 7) is 1.34. The van der Waals surface area contributed by atoms with Crippen LogP contribution in [0.2, 0.25) is 0 Å². The Morgan fingerprint density at radius 3 is 2.35 bits per heavy atom. The lowest BCUT2D eigenvalue weighted by Gasteiger charge is -2.10. The topological polar surface area (TPSA) is 70.7 Å². The summed E-state index contributed by atoms with van der Waals surface area (Å²) < 4.78 is 5.01.